The Hall–Kier alpha value is -1.33. The minimum absolute atomic E-state index is 0.171. The highest BCUT2D eigenvalue weighted by atomic mass is 31.1. The first kappa shape index (κ1) is 13.1. The summed E-state index contributed by atoms with van der Waals surface area (Å²) in [6, 6.07) is 18.2. The molecule has 1 unspecified atom stereocenters. The minimum atomic E-state index is -1.81. The van der Waals surface area contributed by atoms with Crippen molar-refractivity contribution in [2.24, 2.45) is 0 Å². The molecule has 0 saturated carbocycles. The van der Waals surface area contributed by atoms with Gasteiger partial charge in [0.1, 0.15) is 7.80 Å². The monoisotopic (exact) mass is 258 g/mol. The van der Waals surface area contributed by atoms with Crippen molar-refractivity contribution in [2.45, 2.75) is 25.9 Å². The standard InChI is InChI=1S/C16H19OP/c1-16(2,3)18(17)15-12-8-7-11-14(15)13-9-5-4-6-10-13/h4-12,18H,1-3H3. The predicted octanol–water partition coefficient (Wildman–Crippen LogP) is 4.34. The number of hydrogen-bond acceptors (Lipinski definition) is 1. The van der Waals surface area contributed by atoms with Gasteiger partial charge in [-0.05, 0) is 11.1 Å². The van der Waals surface area contributed by atoms with Crippen LogP contribution < -0.4 is 5.30 Å². The van der Waals surface area contributed by atoms with Crippen molar-refractivity contribution in [1.82, 2.24) is 0 Å². The molecule has 0 N–H and O–H groups in total. The van der Waals surface area contributed by atoms with Crippen LogP contribution in [0.25, 0.3) is 11.1 Å². The summed E-state index contributed by atoms with van der Waals surface area (Å²) in [5.74, 6) is 0. The molecule has 94 valence electrons. The highest BCUT2D eigenvalue weighted by molar-refractivity contribution is 7.55. The van der Waals surface area contributed by atoms with Crippen LogP contribution in [0.5, 0.6) is 0 Å². The summed E-state index contributed by atoms with van der Waals surface area (Å²) in [5.41, 5.74) is 2.23. The van der Waals surface area contributed by atoms with Crippen molar-refractivity contribution in [3.8, 4) is 11.1 Å². The zero-order chi connectivity index (χ0) is 13.2. The lowest BCUT2D eigenvalue weighted by Crippen LogP contribution is -2.16. The molecule has 0 fully saturated rings. The third-order valence-electron chi connectivity index (χ3n) is 2.94. The molecule has 0 radical (unpaired) electrons. The van der Waals surface area contributed by atoms with Crippen molar-refractivity contribution in [3.63, 3.8) is 0 Å². The predicted molar refractivity (Wildman–Crippen MR) is 80.3 cm³/mol. The van der Waals surface area contributed by atoms with Crippen LogP contribution in [0.4, 0.5) is 0 Å². The molecule has 0 heterocycles. The number of hydrogen-bond donors (Lipinski definition) is 0. The van der Waals surface area contributed by atoms with E-state index in [0.29, 0.717) is 0 Å². The molecule has 0 bridgehead atoms. The van der Waals surface area contributed by atoms with Crippen LogP contribution in [-0.2, 0) is 4.57 Å². The molecule has 2 rings (SSSR count). The van der Waals surface area contributed by atoms with Gasteiger partial charge in [0.2, 0.25) is 0 Å². The first-order valence-corrected chi connectivity index (χ1v) is 7.60. The van der Waals surface area contributed by atoms with E-state index in [0.717, 1.165) is 16.4 Å². The van der Waals surface area contributed by atoms with Gasteiger partial charge in [-0.25, -0.2) is 0 Å². The lowest BCUT2D eigenvalue weighted by molar-refractivity contribution is 0.572. The third kappa shape index (κ3) is 2.73. The maximum Gasteiger partial charge on any atom is 0.109 e. The first-order valence-electron chi connectivity index (χ1n) is 6.19. The van der Waals surface area contributed by atoms with Crippen LogP contribution >= 0.6 is 7.80 Å². The summed E-state index contributed by atoms with van der Waals surface area (Å²) >= 11 is 0. The Kier molecular flexibility index (Phi) is 3.73. The van der Waals surface area contributed by atoms with Crippen molar-refractivity contribution in [1.29, 1.82) is 0 Å². The van der Waals surface area contributed by atoms with Crippen LogP contribution in [0.2, 0.25) is 0 Å². The number of benzene rings is 2. The van der Waals surface area contributed by atoms with Gasteiger partial charge in [-0.1, -0.05) is 75.4 Å². The second kappa shape index (κ2) is 5.12. The second-order valence-corrected chi connectivity index (χ2v) is 8.19. The Labute approximate surface area is 110 Å². The Morgan fingerprint density at radius 1 is 0.833 bits per heavy atom. The van der Waals surface area contributed by atoms with Crippen LogP contribution in [0.1, 0.15) is 20.8 Å². The summed E-state index contributed by atoms with van der Waals surface area (Å²) in [4.78, 5) is 0. The van der Waals surface area contributed by atoms with Crippen molar-refractivity contribution in [2.75, 3.05) is 0 Å². The molecule has 0 aromatic heterocycles. The summed E-state index contributed by atoms with van der Waals surface area (Å²) in [7, 11) is -1.81. The summed E-state index contributed by atoms with van der Waals surface area (Å²) in [6.07, 6.45) is 0. The lowest BCUT2D eigenvalue weighted by atomic mass is 10.1. The van der Waals surface area contributed by atoms with Crippen LogP contribution in [-0.4, -0.2) is 5.16 Å². The minimum Gasteiger partial charge on any atom is -0.321 e. The summed E-state index contributed by atoms with van der Waals surface area (Å²) in [5, 5.41) is 0.816. The van der Waals surface area contributed by atoms with E-state index in [1.165, 1.54) is 0 Å². The van der Waals surface area contributed by atoms with Crippen LogP contribution in [0.3, 0.4) is 0 Å². The topological polar surface area (TPSA) is 17.1 Å². The SMILES string of the molecule is CC(C)(C)[PH](=O)c1ccccc1-c1ccccc1. The quantitative estimate of drug-likeness (QED) is 0.732. The molecule has 18 heavy (non-hydrogen) atoms. The normalized spacial score (nSPS) is 13.3. The average Bonchev–Trinajstić information content (AvgIpc) is 2.38. The molecular weight excluding hydrogens is 239 g/mol. The van der Waals surface area contributed by atoms with Crippen molar-refractivity contribution >= 4 is 13.1 Å². The molecule has 0 aliphatic carbocycles. The van der Waals surface area contributed by atoms with Gasteiger partial charge in [-0.3, -0.25) is 0 Å². The Morgan fingerprint density at radius 2 is 1.39 bits per heavy atom. The van der Waals surface area contributed by atoms with E-state index < -0.39 is 7.80 Å². The zero-order valence-corrected chi connectivity index (χ0v) is 12.1. The molecule has 0 amide bonds. The van der Waals surface area contributed by atoms with E-state index in [2.05, 4.69) is 18.2 Å². The van der Waals surface area contributed by atoms with Gasteiger partial charge in [-0.2, -0.15) is 0 Å². The lowest BCUT2D eigenvalue weighted by Gasteiger charge is -2.20. The van der Waals surface area contributed by atoms with E-state index in [1.807, 2.05) is 57.2 Å². The van der Waals surface area contributed by atoms with Gasteiger partial charge in [-0.15, -0.1) is 0 Å². The molecule has 0 aliphatic heterocycles. The van der Waals surface area contributed by atoms with E-state index in [4.69, 9.17) is 0 Å². The van der Waals surface area contributed by atoms with Gasteiger partial charge >= 0.3 is 0 Å². The third-order valence-corrected chi connectivity index (χ3v) is 5.23. The Balaban J connectivity index is 2.54. The molecule has 1 atom stereocenters. The smallest absolute Gasteiger partial charge is 0.109 e. The van der Waals surface area contributed by atoms with E-state index in [9.17, 15) is 4.57 Å². The van der Waals surface area contributed by atoms with Crippen molar-refractivity contribution < 1.29 is 4.57 Å². The zero-order valence-electron chi connectivity index (χ0n) is 11.1. The van der Waals surface area contributed by atoms with Crippen LogP contribution in [0.15, 0.2) is 54.6 Å². The van der Waals surface area contributed by atoms with E-state index >= 15 is 0 Å². The molecule has 1 nitrogen and oxygen atoms in total. The largest absolute Gasteiger partial charge is 0.321 e. The summed E-state index contributed by atoms with van der Waals surface area (Å²) in [6.45, 7) is 6.11. The maximum absolute atomic E-state index is 12.6. The Morgan fingerprint density at radius 3 is 2.00 bits per heavy atom. The molecule has 0 aliphatic rings. The van der Waals surface area contributed by atoms with E-state index in [1.54, 1.807) is 0 Å². The molecule has 2 aromatic carbocycles. The van der Waals surface area contributed by atoms with Gasteiger partial charge < -0.3 is 4.57 Å². The fraction of sp³-hybridized carbons (Fsp3) is 0.250. The van der Waals surface area contributed by atoms with Gasteiger partial charge in [0, 0.05) is 10.5 Å². The van der Waals surface area contributed by atoms with Gasteiger partial charge in [0.25, 0.3) is 0 Å². The highest BCUT2D eigenvalue weighted by Gasteiger charge is 2.23. The molecular formula is C16H19OP. The van der Waals surface area contributed by atoms with Crippen LogP contribution in [0, 0.1) is 0 Å². The highest BCUT2D eigenvalue weighted by Crippen LogP contribution is 2.39. The molecule has 2 heteroatoms. The first-order chi connectivity index (χ1) is 8.50. The summed E-state index contributed by atoms with van der Waals surface area (Å²) < 4.78 is 12.6. The molecule has 0 saturated heterocycles. The van der Waals surface area contributed by atoms with Crippen molar-refractivity contribution in [3.05, 3.63) is 54.6 Å². The van der Waals surface area contributed by atoms with Gasteiger partial charge in [0.15, 0.2) is 0 Å². The Bertz CT molecular complexity index is 553. The second-order valence-electron chi connectivity index (χ2n) is 5.49. The average molecular weight is 258 g/mol. The van der Waals surface area contributed by atoms with Gasteiger partial charge in [0.05, 0.1) is 0 Å². The molecule has 2 aromatic rings. The fourth-order valence-corrected chi connectivity index (χ4v) is 3.48. The number of rotatable bonds is 2. The fourth-order valence-electron chi connectivity index (χ4n) is 1.95. The molecule has 0 spiro atoms. The van der Waals surface area contributed by atoms with E-state index in [-0.39, 0.29) is 5.16 Å². The maximum atomic E-state index is 12.6.